The van der Waals surface area contributed by atoms with Crippen LogP contribution in [-0.4, -0.2) is 34.9 Å². The first-order valence-electron chi connectivity index (χ1n) is 10.6. The number of fused-ring (bicyclic) bond motifs is 1. The maximum atomic E-state index is 12.8. The Hall–Kier alpha value is -2.41. The first-order valence-corrected chi connectivity index (χ1v) is 11.4. The summed E-state index contributed by atoms with van der Waals surface area (Å²) in [7, 11) is 0. The smallest absolute Gasteiger partial charge is 0.321 e. The van der Waals surface area contributed by atoms with Crippen molar-refractivity contribution in [3.63, 3.8) is 0 Å². The van der Waals surface area contributed by atoms with Gasteiger partial charge in [-0.1, -0.05) is 31.0 Å². The van der Waals surface area contributed by atoms with E-state index in [0.717, 1.165) is 37.1 Å². The van der Waals surface area contributed by atoms with Gasteiger partial charge in [0.05, 0.1) is 11.6 Å². The van der Waals surface area contributed by atoms with E-state index in [-0.39, 0.29) is 17.9 Å². The fourth-order valence-electron chi connectivity index (χ4n) is 4.07. The lowest BCUT2D eigenvalue weighted by molar-refractivity contribution is -0.121. The Bertz CT molecular complexity index is 826. The van der Waals surface area contributed by atoms with Crippen molar-refractivity contribution >= 4 is 34.1 Å². The Balaban J connectivity index is 1.35. The van der Waals surface area contributed by atoms with E-state index in [0.29, 0.717) is 18.2 Å². The van der Waals surface area contributed by atoms with E-state index in [4.69, 9.17) is 4.98 Å². The number of aryl methyl sites for hydroxylation is 2. The van der Waals surface area contributed by atoms with Crippen LogP contribution in [-0.2, 0) is 17.6 Å². The lowest BCUT2D eigenvalue weighted by Gasteiger charge is -2.31. The number of carbonyl (C=O) groups excluding carboxylic acids is 2. The first kappa shape index (κ1) is 19.9. The number of anilines is 2. The zero-order valence-electron chi connectivity index (χ0n) is 16.7. The number of aromatic nitrogens is 1. The summed E-state index contributed by atoms with van der Waals surface area (Å²) in [6, 6.07) is 9.27. The van der Waals surface area contributed by atoms with Gasteiger partial charge in [0.15, 0.2) is 5.13 Å². The molecular weight excluding hydrogens is 384 g/mol. The number of carbonyl (C=O) groups is 2. The van der Waals surface area contributed by atoms with Crippen LogP contribution in [0, 0.1) is 5.92 Å². The van der Waals surface area contributed by atoms with Crippen molar-refractivity contribution < 1.29 is 9.59 Å². The van der Waals surface area contributed by atoms with E-state index < -0.39 is 0 Å². The summed E-state index contributed by atoms with van der Waals surface area (Å²) in [5.41, 5.74) is 1.93. The summed E-state index contributed by atoms with van der Waals surface area (Å²) in [6.45, 7) is 1.11. The van der Waals surface area contributed by atoms with Crippen molar-refractivity contribution in [3.8, 4) is 0 Å². The zero-order valence-corrected chi connectivity index (χ0v) is 17.5. The highest BCUT2D eigenvalue weighted by Gasteiger charge is 2.29. The molecule has 1 aliphatic heterocycles. The lowest BCUT2D eigenvalue weighted by atomic mass is 9.97. The van der Waals surface area contributed by atoms with Gasteiger partial charge in [-0.15, -0.1) is 11.3 Å². The van der Waals surface area contributed by atoms with Crippen LogP contribution < -0.4 is 10.6 Å². The van der Waals surface area contributed by atoms with Crippen molar-refractivity contribution in [2.45, 2.75) is 51.4 Å². The third-order valence-electron chi connectivity index (χ3n) is 5.68. The van der Waals surface area contributed by atoms with E-state index in [1.54, 1.807) is 16.2 Å². The monoisotopic (exact) mass is 412 g/mol. The summed E-state index contributed by atoms with van der Waals surface area (Å²) in [5, 5.41) is 6.66. The molecular formula is C22H28N4O2S. The number of benzene rings is 1. The van der Waals surface area contributed by atoms with Crippen LogP contribution in [0.3, 0.4) is 0 Å². The molecule has 2 aromatic rings. The van der Waals surface area contributed by atoms with Gasteiger partial charge in [0, 0.05) is 23.7 Å². The fourth-order valence-corrected chi connectivity index (χ4v) is 5.12. The highest BCUT2D eigenvalue weighted by atomic mass is 32.1. The molecule has 1 unspecified atom stereocenters. The van der Waals surface area contributed by atoms with Crippen LogP contribution >= 0.6 is 11.3 Å². The number of rotatable bonds is 3. The average Bonchev–Trinajstić information content (AvgIpc) is 3.09. The number of para-hydroxylation sites is 1. The molecule has 1 saturated heterocycles. The Labute approximate surface area is 175 Å². The van der Waals surface area contributed by atoms with Gasteiger partial charge in [0.2, 0.25) is 5.91 Å². The highest BCUT2D eigenvalue weighted by molar-refractivity contribution is 7.15. The number of thiazole rings is 1. The predicted molar refractivity (Wildman–Crippen MR) is 116 cm³/mol. The summed E-state index contributed by atoms with van der Waals surface area (Å²) in [6.07, 6.45) is 8.64. The quantitative estimate of drug-likeness (QED) is 0.768. The molecule has 6 nitrogen and oxygen atoms in total. The predicted octanol–water partition coefficient (Wildman–Crippen LogP) is 4.68. The van der Waals surface area contributed by atoms with Crippen molar-refractivity contribution in [1.29, 1.82) is 0 Å². The summed E-state index contributed by atoms with van der Waals surface area (Å²) >= 11 is 1.62. The van der Waals surface area contributed by atoms with Crippen LogP contribution in [0.4, 0.5) is 15.6 Å². The van der Waals surface area contributed by atoms with Crippen molar-refractivity contribution in [3.05, 3.63) is 40.9 Å². The fraction of sp³-hybridized carbons (Fsp3) is 0.500. The lowest BCUT2D eigenvalue weighted by Crippen LogP contribution is -2.45. The summed E-state index contributed by atoms with van der Waals surface area (Å²) in [4.78, 5) is 33.2. The van der Waals surface area contributed by atoms with Gasteiger partial charge in [0.1, 0.15) is 0 Å². The van der Waals surface area contributed by atoms with Crippen molar-refractivity contribution in [1.82, 2.24) is 9.88 Å². The van der Waals surface area contributed by atoms with Crippen LogP contribution in [0.2, 0.25) is 0 Å². The maximum absolute atomic E-state index is 12.8. The van der Waals surface area contributed by atoms with Gasteiger partial charge in [0.25, 0.3) is 0 Å². The number of nitrogens with one attached hydrogen (secondary N) is 2. The number of nitrogens with zero attached hydrogens (tertiary/aromatic N) is 2. The number of piperidine rings is 1. The van der Waals surface area contributed by atoms with Crippen LogP contribution in [0.5, 0.6) is 0 Å². The molecule has 154 valence electrons. The Morgan fingerprint density at radius 2 is 1.79 bits per heavy atom. The molecule has 2 heterocycles. The molecule has 0 spiro atoms. The number of hydrogen-bond acceptors (Lipinski definition) is 4. The van der Waals surface area contributed by atoms with Crippen LogP contribution in [0.15, 0.2) is 30.3 Å². The van der Waals surface area contributed by atoms with Gasteiger partial charge < -0.3 is 15.5 Å². The molecule has 7 heteroatoms. The molecule has 29 heavy (non-hydrogen) atoms. The van der Waals surface area contributed by atoms with Crippen LogP contribution in [0.25, 0.3) is 0 Å². The van der Waals surface area contributed by atoms with E-state index in [1.165, 1.54) is 30.6 Å². The normalized spacial score (nSPS) is 19.6. The topological polar surface area (TPSA) is 74.3 Å². The standard InChI is InChI=1S/C22H28N4O2S/c27-20(25-21-24-18-12-6-1-2-7-13-19(18)29-21)16-9-8-14-26(15-16)22(28)23-17-10-4-3-5-11-17/h3-5,10-11,16H,1-2,6-9,12-15H2,(H,23,28)(H,24,25,27). The Kier molecular flexibility index (Phi) is 6.44. The molecule has 1 aliphatic carbocycles. The largest absolute Gasteiger partial charge is 0.324 e. The zero-order chi connectivity index (χ0) is 20.1. The Morgan fingerprint density at radius 1 is 1.00 bits per heavy atom. The van der Waals surface area contributed by atoms with E-state index in [1.807, 2.05) is 30.3 Å². The van der Waals surface area contributed by atoms with E-state index >= 15 is 0 Å². The number of likely N-dealkylation sites (tertiary alicyclic amines) is 1. The van der Waals surface area contributed by atoms with Gasteiger partial charge in [-0.05, 0) is 50.7 Å². The number of amides is 3. The van der Waals surface area contributed by atoms with Gasteiger partial charge in [-0.25, -0.2) is 9.78 Å². The third-order valence-corrected chi connectivity index (χ3v) is 6.75. The Morgan fingerprint density at radius 3 is 2.62 bits per heavy atom. The SMILES string of the molecule is O=C(Nc1nc2c(s1)CCCCCC2)C1CCCN(C(=O)Nc2ccccc2)C1. The second-order valence-electron chi connectivity index (χ2n) is 7.87. The molecule has 0 saturated carbocycles. The van der Waals surface area contributed by atoms with E-state index in [2.05, 4.69) is 10.6 Å². The number of hydrogen-bond donors (Lipinski definition) is 2. The molecule has 1 atom stereocenters. The van der Waals surface area contributed by atoms with Gasteiger partial charge in [-0.3, -0.25) is 4.79 Å². The average molecular weight is 413 g/mol. The molecule has 1 aromatic heterocycles. The van der Waals surface area contributed by atoms with Gasteiger partial charge >= 0.3 is 6.03 Å². The molecule has 0 radical (unpaired) electrons. The van der Waals surface area contributed by atoms with Crippen LogP contribution in [0.1, 0.15) is 49.1 Å². The second-order valence-corrected chi connectivity index (χ2v) is 8.96. The second kappa shape index (κ2) is 9.39. The minimum atomic E-state index is -0.197. The molecule has 4 rings (SSSR count). The third kappa shape index (κ3) is 5.15. The molecule has 0 bridgehead atoms. The van der Waals surface area contributed by atoms with Crippen molar-refractivity contribution in [2.24, 2.45) is 5.92 Å². The first-order chi connectivity index (χ1) is 14.2. The highest BCUT2D eigenvalue weighted by Crippen LogP contribution is 2.29. The van der Waals surface area contributed by atoms with Crippen molar-refractivity contribution in [2.75, 3.05) is 23.7 Å². The summed E-state index contributed by atoms with van der Waals surface area (Å²) in [5.74, 6) is -0.222. The minimum Gasteiger partial charge on any atom is -0.324 e. The summed E-state index contributed by atoms with van der Waals surface area (Å²) < 4.78 is 0. The molecule has 1 fully saturated rings. The van der Waals surface area contributed by atoms with Gasteiger partial charge in [-0.2, -0.15) is 0 Å². The number of urea groups is 1. The maximum Gasteiger partial charge on any atom is 0.321 e. The molecule has 1 aromatic carbocycles. The molecule has 2 N–H and O–H groups in total. The molecule has 2 aliphatic rings. The van der Waals surface area contributed by atoms with E-state index in [9.17, 15) is 9.59 Å². The molecule has 3 amide bonds. The minimum absolute atomic E-state index is 0.0241.